The van der Waals surface area contributed by atoms with Crippen molar-refractivity contribution < 1.29 is 27.1 Å². The minimum atomic E-state index is -4.57. The fraction of sp³-hybridized carbons (Fsp3) is 0.400. The van der Waals surface area contributed by atoms with Gasteiger partial charge >= 0.3 is 6.18 Å². The van der Waals surface area contributed by atoms with E-state index in [0.717, 1.165) is 24.7 Å². The topological polar surface area (TPSA) is 93.9 Å². The van der Waals surface area contributed by atoms with Crippen molar-refractivity contribution in [1.82, 2.24) is 15.2 Å². The SMILES string of the molecule is O=C(CNc1ccc(-c2ccc(NC3OC3C3CC3)nc2)cc1F)Nc1ccc(CN2CCNCC2)c(C(F)(F)F)c1. The Morgan fingerprint density at radius 1 is 1.05 bits per heavy atom. The van der Waals surface area contributed by atoms with E-state index in [9.17, 15) is 22.4 Å². The average Bonchev–Trinajstić information content (AvgIpc) is 3.89. The minimum Gasteiger partial charge on any atom is -0.374 e. The van der Waals surface area contributed by atoms with Crippen molar-refractivity contribution in [2.75, 3.05) is 48.7 Å². The van der Waals surface area contributed by atoms with E-state index in [4.69, 9.17) is 4.74 Å². The number of ether oxygens (including phenoxy) is 1. The summed E-state index contributed by atoms with van der Waals surface area (Å²) in [6.07, 6.45) is -0.215. The molecule has 3 aliphatic rings. The molecule has 222 valence electrons. The van der Waals surface area contributed by atoms with E-state index >= 15 is 0 Å². The first-order valence-corrected chi connectivity index (χ1v) is 14.1. The number of hydrogen-bond donors (Lipinski definition) is 4. The van der Waals surface area contributed by atoms with Crippen molar-refractivity contribution in [1.29, 1.82) is 0 Å². The average molecular weight is 585 g/mol. The number of nitrogens with zero attached hydrogens (tertiary/aromatic N) is 2. The van der Waals surface area contributed by atoms with Gasteiger partial charge in [0, 0.05) is 50.2 Å². The number of alkyl halides is 3. The monoisotopic (exact) mass is 584 g/mol. The predicted molar refractivity (Wildman–Crippen MR) is 151 cm³/mol. The van der Waals surface area contributed by atoms with Gasteiger partial charge < -0.3 is 26.0 Å². The number of amides is 1. The Morgan fingerprint density at radius 2 is 1.83 bits per heavy atom. The van der Waals surface area contributed by atoms with Crippen LogP contribution in [-0.4, -0.2) is 60.8 Å². The lowest BCUT2D eigenvalue weighted by molar-refractivity contribution is -0.138. The molecule has 1 saturated carbocycles. The second-order valence-electron chi connectivity index (χ2n) is 10.9. The predicted octanol–water partition coefficient (Wildman–Crippen LogP) is 4.91. The van der Waals surface area contributed by atoms with Gasteiger partial charge in [-0.05, 0) is 66.3 Å². The van der Waals surface area contributed by atoms with Crippen LogP contribution in [0.5, 0.6) is 0 Å². The molecule has 0 bridgehead atoms. The van der Waals surface area contributed by atoms with Crippen LogP contribution >= 0.6 is 0 Å². The van der Waals surface area contributed by atoms with E-state index in [0.29, 0.717) is 30.4 Å². The molecule has 12 heteroatoms. The van der Waals surface area contributed by atoms with E-state index in [1.807, 2.05) is 17.0 Å². The summed E-state index contributed by atoms with van der Waals surface area (Å²) in [5, 5.41) is 11.6. The molecule has 6 rings (SSSR count). The van der Waals surface area contributed by atoms with E-state index in [-0.39, 0.29) is 42.4 Å². The highest BCUT2D eigenvalue weighted by molar-refractivity contribution is 5.94. The second-order valence-corrected chi connectivity index (χ2v) is 10.9. The zero-order chi connectivity index (χ0) is 29.3. The summed E-state index contributed by atoms with van der Waals surface area (Å²) in [7, 11) is 0. The molecule has 3 fully saturated rings. The fourth-order valence-electron chi connectivity index (χ4n) is 5.20. The summed E-state index contributed by atoms with van der Waals surface area (Å²) >= 11 is 0. The van der Waals surface area contributed by atoms with Gasteiger partial charge in [-0.25, -0.2) is 9.37 Å². The quantitative estimate of drug-likeness (QED) is 0.199. The molecule has 2 aliphatic heterocycles. The van der Waals surface area contributed by atoms with Gasteiger partial charge in [0.25, 0.3) is 0 Å². The molecule has 1 amide bonds. The first-order valence-electron chi connectivity index (χ1n) is 14.1. The molecule has 0 radical (unpaired) electrons. The Kier molecular flexibility index (Phi) is 8.02. The maximum Gasteiger partial charge on any atom is 0.416 e. The molecule has 1 aromatic heterocycles. The second kappa shape index (κ2) is 11.9. The number of epoxide rings is 1. The standard InChI is InChI=1S/C30H32F4N6O2/c31-24-13-19(20-5-8-26(37-15-20)39-29-28(42-29)18-1-2-18)4-7-25(24)36-16-27(41)38-22-6-3-21(23(14-22)30(32,33)34)17-40-11-9-35-10-12-40/h3-8,13-15,18,28-29,35-36H,1-2,9-12,16-17H2,(H,37,39)(H,38,41). The summed E-state index contributed by atoms with van der Waals surface area (Å²) in [5.74, 6) is 0.174. The third kappa shape index (κ3) is 7.00. The molecule has 3 aromatic rings. The summed E-state index contributed by atoms with van der Waals surface area (Å²) in [6, 6.07) is 12.0. The van der Waals surface area contributed by atoms with Crippen LogP contribution in [0.1, 0.15) is 24.0 Å². The number of anilines is 3. The Hall–Kier alpha value is -3.74. The number of carbonyl (C=O) groups is 1. The van der Waals surface area contributed by atoms with Crippen molar-refractivity contribution >= 4 is 23.1 Å². The molecular formula is C30H32F4N6O2. The number of carbonyl (C=O) groups excluding carboxylic acids is 1. The van der Waals surface area contributed by atoms with Crippen molar-refractivity contribution in [2.24, 2.45) is 5.92 Å². The first kappa shape index (κ1) is 28.4. The lowest BCUT2D eigenvalue weighted by Crippen LogP contribution is -2.43. The summed E-state index contributed by atoms with van der Waals surface area (Å²) < 4.78 is 61.8. The minimum absolute atomic E-state index is 0.00398. The number of pyridine rings is 1. The van der Waals surface area contributed by atoms with Crippen molar-refractivity contribution in [3.63, 3.8) is 0 Å². The summed E-state index contributed by atoms with van der Waals surface area (Å²) in [5.41, 5.74) is 0.828. The van der Waals surface area contributed by atoms with Crippen molar-refractivity contribution in [2.45, 2.75) is 37.9 Å². The molecule has 4 N–H and O–H groups in total. The van der Waals surface area contributed by atoms with Gasteiger partial charge in [-0.2, -0.15) is 13.2 Å². The third-order valence-electron chi connectivity index (χ3n) is 7.71. The van der Waals surface area contributed by atoms with Gasteiger partial charge in [0.15, 0.2) is 6.23 Å². The zero-order valence-electron chi connectivity index (χ0n) is 22.8. The van der Waals surface area contributed by atoms with Crippen LogP contribution in [-0.2, 0) is 22.3 Å². The molecule has 2 atom stereocenters. The number of piperazine rings is 1. The molecule has 2 unspecified atom stereocenters. The van der Waals surface area contributed by atoms with Crippen LogP contribution < -0.4 is 21.3 Å². The fourth-order valence-corrected chi connectivity index (χ4v) is 5.20. The van der Waals surface area contributed by atoms with Crippen LogP contribution in [0.2, 0.25) is 0 Å². The Labute approximate surface area is 240 Å². The molecule has 2 saturated heterocycles. The lowest BCUT2D eigenvalue weighted by Gasteiger charge is -2.28. The summed E-state index contributed by atoms with van der Waals surface area (Å²) in [6.45, 7) is 2.63. The normalized spacial score (nSPS) is 20.7. The van der Waals surface area contributed by atoms with E-state index in [1.54, 1.807) is 12.3 Å². The first-order chi connectivity index (χ1) is 20.2. The molecular weight excluding hydrogens is 552 g/mol. The van der Waals surface area contributed by atoms with Gasteiger partial charge in [-0.3, -0.25) is 9.69 Å². The highest BCUT2D eigenvalue weighted by Crippen LogP contribution is 2.44. The smallest absolute Gasteiger partial charge is 0.374 e. The number of aromatic nitrogens is 1. The van der Waals surface area contributed by atoms with Gasteiger partial charge in [0.1, 0.15) is 17.7 Å². The van der Waals surface area contributed by atoms with E-state index < -0.39 is 23.5 Å². The Bertz CT molecular complexity index is 1420. The van der Waals surface area contributed by atoms with Crippen LogP contribution in [0.25, 0.3) is 11.1 Å². The number of hydrogen-bond acceptors (Lipinski definition) is 7. The molecule has 42 heavy (non-hydrogen) atoms. The van der Waals surface area contributed by atoms with E-state index in [1.165, 1.54) is 37.1 Å². The van der Waals surface area contributed by atoms with Crippen LogP contribution in [0.3, 0.4) is 0 Å². The maximum atomic E-state index is 14.8. The third-order valence-corrected chi connectivity index (χ3v) is 7.71. The lowest BCUT2D eigenvalue weighted by atomic mass is 10.0. The zero-order valence-corrected chi connectivity index (χ0v) is 22.8. The Morgan fingerprint density at radius 3 is 2.52 bits per heavy atom. The Balaban J connectivity index is 1.03. The van der Waals surface area contributed by atoms with E-state index in [2.05, 4.69) is 26.3 Å². The van der Waals surface area contributed by atoms with Crippen LogP contribution in [0.15, 0.2) is 54.7 Å². The van der Waals surface area contributed by atoms with Crippen LogP contribution in [0, 0.1) is 11.7 Å². The molecule has 1 aliphatic carbocycles. The highest BCUT2D eigenvalue weighted by atomic mass is 19.4. The number of benzene rings is 2. The molecule has 8 nitrogen and oxygen atoms in total. The van der Waals surface area contributed by atoms with Gasteiger partial charge in [0.05, 0.1) is 17.8 Å². The highest BCUT2D eigenvalue weighted by Gasteiger charge is 2.49. The largest absolute Gasteiger partial charge is 0.416 e. The van der Waals surface area contributed by atoms with Crippen LogP contribution in [0.4, 0.5) is 34.8 Å². The number of halogens is 4. The van der Waals surface area contributed by atoms with Gasteiger partial charge in [-0.15, -0.1) is 0 Å². The molecule has 2 aromatic carbocycles. The number of nitrogens with one attached hydrogen (secondary N) is 4. The van der Waals surface area contributed by atoms with Crippen molar-refractivity contribution in [3.05, 3.63) is 71.7 Å². The molecule has 0 spiro atoms. The molecule has 3 heterocycles. The maximum absolute atomic E-state index is 14.8. The number of rotatable bonds is 10. The van der Waals surface area contributed by atoms with Gasteiger partial charge in [0.2, 0.25) is 5.91 Å². The summed E-state index contributed by atoms with van der Waals surface area (Å²) in [4.78, 5) is 18.9. The van der Waals surface area contributed by atoms with Crippen molar-refractivity contribution in [3.8, 4) is 11.1 Å². The van der Waals surface area contributed by atoms with Gasteiger partial charge in [-0.1, -0.05) is 12.1 Å².